The Morgan fingerprint density at radius 2 is 2.23 bits per heavy atom. The average Bonchev–Trinajstić information content (AvgIpc) is 2.86. The second-order valence-electron chi connectivity index (χ2n) is 4.55. The van der Waals surface area contributed by atoms with Crippen LogP contribution < -0.4 is 4.74 Å². The summed E-state index contributed by atoms with van der Waals surface area (Å²) < 4.78 is 8.51. The normalized spacial score (nSPS) is 10.7. The van der Waals surface area contributed by atoms with E-state index in [-0.39, 0.29) is 12.4 Å². The highest BCUT2D eigenvalue weighted by Gasteiger charge is 2.13. The molecule has 0 aliphatic rings. The molecular weight excluding hydrogens is 370 g/mol. The van der Waals surface area contributed by atoms with Crippen LogP contribution >= 0.6 is 27.7 Å². The lowest BCUT2D eigenvalue weighted by Gasteiger charge is -2.10. The van der Waals surface area contributed by atoms with Crippen LogP contribution in [-0.4, -0.2) is 31.6 Å². The molecule has 1 heterocycles. The largest absolute Gasteiger partial charge is 0.484 e. The number of aromatic nitrogens is 3. The molecule has 0 atom stereocenters. The van der Waals surface area contributed by atoms with E-state index in [2.05, 4.69) is 26.1 Å². The number of thioether (sulfide) groups is 1. The zero-order chi connectivity index (χ0) is 16.1. The first kappa shape index (κ1) is 16.8. The lowest BCUT2D eigenvalue weighted by atomic mass is 10.2. The van der Waals surface area contributed by atoms with E-state index in [0.717, 1.165) is 27.5 Å². The molecule has 8 heteroatoms. The van der Waals surface area contributed by atoms with Crippen molar-refractivity contribution in [3.8, 4) is 5.75 Å². The lowest BCUT2D eigenvalue weighted by Crippen LogP contribution is -2.08. The van der Waals surface area contributed by atoms with E-state index in [1.165, 1.54) is 0 Å². The third kappa shape index (κ3) is 4.23. The number of ether oxygens (including phenoxy) is 1. The van der Waals surface area contributed by atoms with Gasteiger partial charge in [0, 0.05) is 6.54 Å². The number of benzene rings is 1. The number of carbonyl (C=O) groups is 1. The molecule has 0 unspecified atom stereocenters. The summed E-state index contributed by atoms with van der Waals surface area (Å²) in [6.45, 7) is 4.90. The Bertz CT molecular complexity index is 675. The van der Waals surface area contributed by atoms with E-state index in [4.69, 9.17) is 9.84 Å². The number of carboxylic acids is 1. The van der Waals surface area contributed by atoms with Gasteiger partial charge in [0.25, 0.3) is 0 Å². The molecule has 1 N–H and O–H groups in total. The van der Waals surface area contributed by atoms with Gasteiger partial charge in [-0.2, -0.15) is 0 Å². The highest BCUT2D eigenvalue weighted by Crippen LogP contribution is 2.26. The van der Waals surface area contributed by atoms with Gasteiger partial charge in [0.1, 0.15) is 12.4 Å². The number of halogens is 1. The number of hydrogen-bond donors (Lipinski definition) is 1. The average molecular weight is 386 g/mol. The first-order valence-electron chi connectivity index (χ1n) is 6.67. The molecule has 0 aliphatic carbocycles. The quantitative estimate of drug-likeness (QED) is 0.737. The van der Waals surface area contributed by atoms with Gasteiger partial charge in [-0.1, -0.05) is 17.8 Å². The van der Waals surface area contributed by atoms with Crippen LogP contribution in [0.5, 0.6) is 5.75 Å². The maximum Gasteiger partial charge on any atom is 0.313 e. The Morgan fingerprint density at radius 3 is 2.86 bits per heavy atom. The SMILES string of the molecule is CCn1c(COc2ccc(C)cc2Br)nnc1SCC(=O)O. The molecule has 1 aromatic carbocycles. The lowest BCUT2D eigenvalue weighted by molar-refractivity contribution is -0.133. The Morgan fingerprint density at radius 1 is 1.45 bits per heavy atom. The molecule has 0 fully saturated rings. The molecule has 0 bridgehead atoms. The Hall–Kier alpha value is -1.54. The van der Waals surface area contributed by atoms with Crippen LogP contribution in [0.3, 0.4) is 0 Å². The fraction of sp³-hybridized carbons (Fsp3) is 0.357. The van der Waals surface area contributed by atoms with Gasteiger partial charge in [0.15, 0.2) is 11.0 Å². The van der Waals surface area contributed by atoms with Gasteiger partial charge in [-0.3, -0.25) is 4.79 Å². The van der Waals surface area contributed by atoms with Crippen molar-refractivity contribution in [1.29, 1.82) is 0 Å². The molecule has 2 rings (SSSR count). The number of hydrogen-bond acceptors (Lipinski definition) is 5. The highest BCUT2D eigenvalue weighted by molar-refractivity contribution is 9.10. The predicted octanol–water partition coefficient (Wildman–Crippen LogP) is 3.12. The van der Waals surface area contributed by atoms with E-state index in [0.29, 0.717) is 17.5 Å². The third-order valence-electron chi connectivity index (χ3n) is 2.88. The van der Waals surface area contributed by atoms with Crippen LogP contribution in [-0.2, 0) is 17.9 Å². The molecule has 0 aliphatic heterocycles. The van der Waals surface area contributed by atoms with Crippen LogP contribution in [0.15, 0.2) is 27.8 Å². The van der Waals surface area contributed by atoms with Crippen LogP contribution in [0.25, 0.3) is 0 Å². The summed E-state index contributed by atoms with van der Waals surface area (Å²) in [5, 5.41) is 17.4. The molecule has 1 aromatic heterocycles. The number of aliphatic carboxylic acids is 1. The molecule has 22 heavy (non-hydrogen) atoms. The maximum absolute atomic E-state index is 10.6. The smallest absolute Gasteiger partial charge is 0.313 e. The highest BCUT2D eigenvalue weighted by atomic mass is 79.9. The summed E-state index contributed by atoms with van der Waals surface area (Å²) in [6.07, 6.45) is 0. The maximum atomic E-state index is 10.6. The van der Waals surface area contributed by atoms with Crippen molar-refractivity contribution in [2.75, 3.05) is 5.75 Å². The van der Waals surface area contributed by atoms with Crippen molar-refractivity contribution in [3.05, 3.63) is 34.1 Å². The van der Waals surface area contributed by atoms with Crippen molar-refractivity contribution in [3.63, 3.8) is 0 Å². The molecule has 118 valence electrons. The number of rotatable bonds is 7. The third-order valence-corrected chi connectivity index (χ3v) is 4.45. The zero-order valence-corrected chi connectivity index (χ0v) is 14.6. The van der Waals surface area contributed by atoms with E-state index < -0.39 is 5.97 Å². The topological polar surface area (TPSA) is 77.2 Å². The summed E-state index contributed by atoms with van der Waals surface area (Å²) in [5.41, 5.74) is 1.14. The molecule has 2 aromatic rings. The van der Waals surface area contributed by atoms with E-state index in [1.807, 2.05) is 36.6 Å². The molecule has 0 radical (unpaired) electrons. The Balaban J connectivity index is 2.07. The molecule has 0 spiro atoms. The number of nitrogens with zero attached hydrogens (tertiary/aromatic N) is 3. The van der Waals surface area contributed by atoms with Crippen molar-refractivity contribution >= 4 is 33.7 Å². The predicted molar refractivity (Wildman–Crippen MR) is 87.3 cm³/mol. The minimum absolute atomic E-state index is 0.0392. The van der Waals surface area contributed by atoms with Gasteiger partial charge in [0.2, 0.25) is 0 Å². The van der Waals surface area contributed by atoms with Gasteiger partial charge in [-0.05, 0) is 47.5 Å². The summed E-state index contributed by atoms with van der Waals surface area (Å²) in [6, 6.07) is 5.85. The van der Waals surface area contributed by atoms with Crippen molar-refractivity contribution in [2.24, 2.45) is 0 Å². The van der Waals surface area contributed by atoms with E-state index in [1.54, 1.807) is 0 Å². The fourth-order valence-electron chi connectivity index (χ4n) is 1.84. The van der Waals surface area contributed by atoms with Crippen LogP contribution in [0.2, 0.25) is 0 Å². The standard InChI is InChI=1S/C14H16BrN3O3S/c1-3-18-12(16-17-14(18)22-8-13(19)20)7-21-11-5-4-9(2)6-10(11)15/h4-6H,3,7-8H2,1-2H3,(H,19,20). The van der Waals surface area contributed by atoms with Gasteiger partial charge < -0.3 is 14.4 Å². The van der Waals surface area contributed by atoms with Crippen LogP contribution in [0.4, 0.5) is 0 Å². The minimum atomic E-state index is -0.878. The summed E-state index contributed by atoms with van der Waals surface area (Å²) in [7, 11) is 0. The zero-order valence-electron chi connectivity index (χ0n) is 12.2. The Labute approximate surface area is 141 Å². The van der Waals surface area contributed by atoms with Crippen LogP contribution in [0.1, 0.15) is 18.3 Å². The van der Waals surface area contributed by atoms with Crippen molar-refractivity contribution in [1.82, 2.24) is 14.8 Å². The summed E-state index contributed by atoms with van der Waals surface area (Å²) in [4.78, 5) is 10.6. The van der Waals surface area contributed by atoms with E-state index >= 15 is 0 Å². The van der Waals surface area contributed by atoms with Gasteiger partial charge >= 0.3 is 5.97 Å². The minimum Gasteiger partial charge on any atom is -0.484 e. The molecule has 0 saturated heterocycles. The van der Waals surface area contributed by atoms with Crippen molar-refractivity contribution < 1.29 is 14.6 Å². The Kier molecular flexibility index (Phi) is 5.84. The van der Waals surface area contributed by atoms with Crippen molar-refractivity contribution in [2.45, 2.75) is 32.2 Å². The van der Waals surface area contributed by atoms with Gasteiger partial charge in [-0.15, -0.1) is 10.2 Å². The second kappa shape index (κ2) is 7.64. The van der Waals surface area contributed by atoms with Gasteiger partial charge in [-0.25, -0.2) is 0 Å². The number of aryl methyl sites for hydroxylation is 1. The molecule has 0 amide bonds. The van der Waals surface area contributed by atoms with E-state index in [9.17, 15) is 4.79 Å². The summed E-state index contributed by atoms with van der Waals surface area (Å²) in [5.74, 6) is 0.485. The summed E-state index contributed by atoms with van der Waals surface area (Å²) >= 11 is 4.62. The molecule has 0 saturated carbocycles. The first-order valence-corrected chi connectivity index (χ1v) is 8.44. The molecular formula is C14H16BrN3O3S. The monoisotopic (exact) mass is 385 g/mol. The first-order chi connectivity index (χ1) is 10.5. The van der Waals surface area contributed by atoms with Crippen LogP contribution in [0, 0.1) is 6.92 Å². The second-order valence-corrected chi connectivity index (χ2v) is 6.34. The molecule has 6 nitrogen and oxygen atoms in total. The van der Waals surface area contributed by atoms with Gasteiger partial charge in [0.05, 0.1) is 10.2 Å². The number of carboxylic acid groups (broad SMARTS) is 1. The fourth-order valence-corrected chi connectivity index (χ4v) is 3.19.